The lowest BCUT2D eigenvalue weighted by Gasteiger charge is -2.24. The van der Waals surface area contributed by atoms with Crippen molar-refractivity contribution < 1.29 is 9.84 Å². The minimum absolute atomic E-state index is 0.120. The molecule has 1 heterocycles. The molecule has 0 aromatic carbocycles. The zero-order valence-corrected chi connectivity index (χ0v) is 8.01. The predicted molar refractivity (Wildman–Crippen MR) is 49.1 cm³/mol. The van der Waals surface area contributed by atoms with E-state index in [0.29, 0.717) is 6.61 Å². The normalized spacial score (nSPS) is 29.5. The van der Waals surface area contributed by atoms with E-state index in [1.165, 1.54) is 19.3 Å². The Morgan fingerprint density at radius 3 is 2.75 bits per heavy atom. The highest BCUT2D eigenvalue weighted by Gasteiger charge is 2.33. The molecule has 2 nitrogen and oxygen atoms in total. The maximum absolute atomic E-state index is 9.24. The highest BCUT2D eigenvalue weighted by atomic mass is 16.5. The lowest BCUT2D eigenvalue weighted by atomic mass is 9.83. The summed E-state index contributed by atoms with van der Waals surface area (Å²) in [5.41, 5.74) is 0.120. The van der Waals surface area contributed by atoms with Crippen LogP contribution in [-0.4, -0.2) is 24.9 Å². The zero-order valence-electron chi connectivity index (χ0n) is 8.01. The number of hydrogen-bond donors (Lipinski definition) is 1. The van der Waals surface area contributed by atoms with Gasteiger partial charge in [0.2, 0.25) is 0 Å². The van der Waals surface area contributed by atoms with Gasteiger partial charge in [-0.3, -0.25) is 0 Å². The van der Waals surface area contributed by atoms with Gasteiger partial charge in [-0.15, -0.1) is 0 Å². The summed E-state index contributed by atoms with van der Waals surface area (Å²) in [5.74, 6) is 0. The van der Waals surface area contributed by atoms with Crippen LogP contribution in [0.25, 0.3) is 0 Å². The van der Waals surface area contributed by atoms with Crippen LogP contribution in [0, 0.1) is 5.41 Å². The van der Waals surface area contributed by atoms with E-state index in [9.17, 15) is 5.11 Å². The number of unbranched alkanes of at least 4 members (excludes halogenated alkanes) is 2. The third-order valence-corrected chi connectivity index (χ3v) is 2.83. The second-order valence-corrected chi connectivity index (χ2v) is 3.92. The monoisotopic (exact) mass is 172 g/mol. The Morgan fingerprint density at radius 1 is 1.42 bits per heavy atom. The first-order valence-electron chi connectivity index (χ1n) is 5.01. The molecule has 12 heavy (non-hydrogen) atoms. The quantitative estimate of drug-likeness (QED) is 0.642. The summed E-state index contributed by atoms with van der Waals surface area (Å²) < 4.78 is 5.32. The summed E-state index contributed by atoms with van der Waals surface area (Å²) in [6.07, 6.45) is 5.95. The van der Waals surface area contributed by atoms with Gasteiger partial charge in [0, 0.05) is 12.0 Å². The van der Waals surface area contributed by atoms with Gasteiger partial charge in [-0.25, -0.2) is 0 Å². The number of aliphatic hydroxyl groups is 1. The van der Waals surface area contributed by atoms with Crippen LogP contribution in [0.3, 0.4) is 0 Å². The van der Waals surface area contributed by atoms with Gasteiger partial charge in [-0.2, -0.15) is 0 Å². The average molecular weight is 172 g/mol. The summed E-state index contributed by atoms with van der Waals surface area (Å²) >= 11 is 0. The molecule has 1 rings (SSSR count). The Labute approximate surface area is 74.9 Å². The van der Waals surface area contributed by atoms with Gasteiger partial charge in [0.25, 0.3) is 0 Å². The molecule has 2 heteroatoms. The second kappa shape index (κ2) is 4.83. The third-order valence-electron chi connectivity index (χ3n) is 2.83. The Bertz CT molecular complexity index is 117. The molecule has 1 aliphatic heterocycles. The molecule has 0 aliphatic carbocycles. The van der Waals surface area contributed by atoms with Crippen molar-refractivity contribution in [3.8, 4) is 0 Å². The largest absolute Gasteiger partial charge is 0.396 e. The van der Waals surface area contributed by atoms with Gasteiger partial charge in [-0.1, -0.05) is 26.2 Å². The molecule has 1 fully saturated rings. The topological polar surface area (TPSA) is 29.5 Å². The summed E-state index contributed by atoms with van der Waals surface area (Å²) in [4.78, 5) is 0. The van der Waals surface area contributed by atoms with E-state index in [1.54, 1.807) is 0 Å². The first-order chi connectivity index (χ1) is 5.83. The van der Waals surface area contributed by atoms with Crippen molar-refractivity contribution in [3.05, 3.63) is 0 Å². The van der Waals surface area contributed by atoms with Crippen LogP contribution in [-0.2, 0) is 4.74 Å². The fraction of sp³-hybridized carbons (Fsp3) is 1.00. The highest BCUT2D eigenvalue weighted by molar-refractivity contribution is 4.82. The van der Waals surface area contributed by atoms with E-state index in [2.05, 4.69) is 6.92 Å². The molecule has 1 N–H and O–H groups in total. The maximum Gasteiger partial charge on any atom is 0.0545 e. The summed E-state index contributed by atoms with van der Waals surface area (Å²) in [5, 5.41) is 9.24. The van der Waals surface area contributed by atoms with Crippen LogP contribution >= 0.6 is 0 Å². The molecule has 0 spiro atoms. The smallest absolute Gasteiger partial charge is 0.0545 e. The van der Waals surface area contributed by atoms with Gasteiger partial charge in [0.15, 0.2) is 0 Å². The molecule has 72 valence electrons. The van der Waals surface area contributed by atoms with Crippen LogP contribution in [0.5, 0.6) is 0 Å². The predicted octanol–water partition coefficient (Wildman–Crippen LogP) is 1.97. The van der Waals surface area contributed by atoms with Gasteiger partial charge in [0.05, 0.1) is 13.2 Å². The van der Waals surface area contributed by atoms with Crippen LogP contribution in [0.4, 0.5) is 0 Å². The Hall–Kier alpha value is -0.0800. The Morgan fingerprint density at radius 2 is 2.25 bits per heavy atom. The van der Waals surface area contributed by atoms with E-state index in [4.69, 9.17) is 4.74 Å². The van der Waals surface area contributed by atoms with E-state index in [1.807, 2.05) is 0 Å². The van der Waals surface area contributed by atoms with Crippen LogP contribution < -0.4 is 0 Å². The third kappa shape index (κ3) is 2.46. The van der Waals surface area contributed by atoms with Crippen molar-refractivity contribution in [2.75, 3.05) is 19.8 Å². The van der Waals surface area contributed by atoms with Crippen molar-refractivity contribution in [1.82, 2.24) is 0 Å². The molecule has 0 aromatic rings. The van der Waals surface area contributed by atoms with Gasteiger partial charge in [0.1, 0.15) is 0 Å². The summed E-state index contributed by atoms with van der Waals surface area (Å²) in [6, 6.07) is 0. The van der Waals surface area contributed by atoms with E-state index in [0.717, 1.165) is 26.1 Å². The zero-order chi connectivity index (χ0) is 8.86. The first-order valence-corrected chi connectivity index (χ1v) is 5.01. The van der Waals surface area contributed by atoms with E-state index >= 15 is 0 Å². The molecule has 0 bridgehead atoms. The minimum Gasteiger partial charge on any atom is -0.396 e. The molecular weight excluding hydrogens is 152 g/mol. The first kappa shape index (κ1) is 10.0. The maximum atomic E-state index is 9.24. The molecule has 1 saturated heterocycles. The number of aliphatic hydroxyl groups excluding tert-OH is 1. The number of ether oxygens (including phenoxy) is 1. The lowest BCUT2D eigenvalue weighted by molar-refractivity contribution is 0.0843. The molecule has 1 atom stereocenters. The van der Waals surface area contributed by atoms with Crippen LogP contribution in [0.15, 0.2) is 0 Å². The fourth-order valence-electron chi connectivity index (χ4n) is 1.80. The van der Waals surface area contributed by atoms with Gasteiger partial charge >= 0.3 is 0 Å². The SMILES string of the molecule is CCCCCC1(CO)CCOC1. The summed E-state index contributed by atoms with van der Waals surface area (Å²) in [7, 11) is 0. The van der Waals surface area contributed by atoms with Gasteiger partial charge in [-0.05, 0) is 12.8 Å². The van der Waals surface area contributed by atoms with Gasteiger partial charge < -0.3 is 9.84 Å². The second-order valence-electron chi connectivity index (χ2n) is 3.92. The Balaban J connectivity index is 2.24. The van der Waals surface area contributed by atoms with Crippen LogP contribution in [0.1, 0.15) is 39.0 Å². The van der Waals surface area contributed by atoms with Crippen LogP contribution in [0.2, 0.25) is 0 Å². The molecule has 0 aromatic heterocycles. The Kier molecular flexibility index (Phi) is 4.02. The molecule has 1 aliphatic rings. The van der Waals surface area contributed by atoms with E-state index in [-0.39, 0.29) is 5.41 Å². The molecule has 0 radical (unpaired) electrons. The standard InChI is InChI=1S/C10H20O2/c1-2-3-4-5-10(8-11)6-7-12-9-10/h11H,2-9H2,1H3. The minimum atomic E-state index is 0.120. The number of rotatable bonds is 5. The van der Waals surface area contributed by atoms with Crippen molar-refractivity contribution >= 4 is 0 Å². The van der Waals surface area contributed by atoms with Crippen molar-refractivity contribution in [2.24, 2.45) is 5.41 Å². The lowest BCUT2D eigenvalue weighted by Crippen LogP contribution is -2.25. The molecule has 0 amide bonds. The molecular formula is C10H20O2. The number of hydrogen-bond acceptors (Lipinski definition) is 2. The van der Waals surface area contributed by atoms with E-state index < -0.39 is 0 Å². The van der Waals surface area contributed by atoms with Crippen molar-refractivity contribution in [1.29, 1.82) is 0 Å². The van der Waals surface area contributed by atoms with Crippen molar-refractivity contribution in [3.63, 3.8) is 0 Å². The highest BCUT2D eigenvalue weighted by Crippen LogP contribution is 2.33. The summed E-state index contributed by atoms with van der Waals surface area (Å²) in [6.45, 7) is 4.12. The average Bonchev–Trinajstić information content (AvgIpc) is 2.55. The van der Waals surface area contributed by atoms with Crippen molar-refractivity contribution in [2.45, 2.75) is 39.0 Å². The fourth-order valence-corrected chi connectivity index (χ4v) is 1.80. The molecule has 0 saturated carbocycles. The molecule has 1 unspecified atom stereocenters.